The molecule has 1 aliphatic rings. The molecule has 0 atom stereocenters. The molecule has 0 aromatic carbocycles. The van der Waals surface area contributed by atoms with Gasteiger partial charge in [-0.25, -0.2) is 13.8 Å². The number of halogens is 5. The van der Waals surface area contributed by atoms with Crippen molar-refractivity contribution in [1.82, 2.24) is 14.6 Å². The van der Waals surface area contributed by atoms with Crippen LogP contribution in [0, 0.1) is 12.8 Å². The molecule has 0 radical (unpaired) electrons. The SMILES string of the molecule is Cc1nn2c(=O)c(/C(C=NCC3CC(F)(F)C3)=C/N)c(C(F)(F)F)nc2s1. The monoisotopic (exact) mass is 407 g/mol. The van der Waals surface area contributed by atoms with E-state index in [0.29, 0.717) is 5.01 Å². The van der Waals surface area contributed by atoms with Gasteiger partial charge in [0.05, 0.1) is 5.56 Å². The van der Waals surface area contributed by atoms with Crippen molar-refractivity contribution in [2.75, 3.05) is 6.54 Å². The average Bonchev–Trinajstić information content (AvgIpc) is 2.90. The highest BCUT2D eigenvalue weighted by molar-refractivity contribution is 7.16. The Hall–Kier alpha value is -2.37. The third-order valence-corrected chi connectivity index (χ3v) is 4.84. The highest BCUT2D eigenvalue weighted by Crippen LogP contribution is 2.42. The van der Waals surface area contributed by atoms with Gasteiger partial charge in [0.25, 0.3) is 5.56 Å². The van der Waals surface area contributed by atoms with Crippen molar-refractivity contribution in [3.05, 3.63) is 32.8 Å². The molecule has 1 saturated carbocycles. The second-order valence-corrected chi connectivity index (χ2v) is 7.36. The summed E-state index contributed by atoms with van der Waals surface area (Å²) in [5.41, 5.74) is 1.90. The van der Waals surface area contributed by atoms with E-state index in [0.717, 1.165) is 28.3 Å². The molecule has 1 fully saturated rings. The van der Waals surface area contributed by atoms with Gasteiger partial charge in [-0.2, -0.15) is 22.8 Å². The molecular formula is C15H14F5N5OS. The van der Waals surface area contributed by atoms with Gasteiger partial charge in [-0.3, -0.25) is 9.79 Å². The maximum Gasteiger partial charge on any atom is 0.434 e. The molecule has 1 aliphatic carbocycles. The van der Waals surface area contributed by atoms with Crippen molar-refractivity contribution in [3.8, 4) is 0 Å². The first-order chi connectivity index (χ1) is 12.5. The molecule has 2 aromatic rings. The third-order valence-electron chi connectivity index (χ3n) is 4.02. The maximum absolute atomic E-state index is 13.4. The van der Waals surface area contributed by atoms with Crippen LogP contribution in [0.3, 0.4) is 0 Å². The summed E-state index contributed by atoms with van der Waals surface area (Å²) in [5, 5.41) is 4.22. The molecule has 146 valence electrons. The molecule has 0 aliphatic heterocycles. The van der Waals surface area contributed by atoms with Crippen molar-refractivity contribution in [3.63, 3.8) is 0 Å². The van der Waals surface area contributed by atoms with E-state index in [1.165, 1.54) is 6.92 Å². The normalized spacial score (nSPS) is 18.4. The van der Waals surface area contributed by atoms with Gasteiger partial charge in [-0.05, 0) is 12.8 Å². The highest BCUT2D eigenvalue weighted by atomic mass is 32.1. The van der Waals surface area contributed by atoms with Gasteiger partial charge in [0.2, 0.25) is 10.9 Å². The fourth-order valence-electron chi connectivity index (χ4n) is 2.81. The van der Waals surface area contributed by atoms with Crippen LogP contribution in [0.1, 0.15) is 29.1 Å². The van der Waals surface area contributed by atoms with Gasteiger partial charge in [0.1, 0.15) is 5.01 Å². The smallest absolute Gasteiger partial charge is 0.404 e. The second kappa shape index (κ2) is 6.66. The van der Waals surface area contributed by atoms with E-state index in [-0.39, 0.29) is 35.8 Å². The van der Waals surface area contributed by atoms with Gasteiger partial charge < -0.3 is 5.73 Å². The number of rotatable bonds is 4. The number of allylic oxidation sites excluding steroid dienone is 1. The van der Waals surface area contributed by atoms with Gasteiger partial charge in [-0.1, -0.05) is 11.3 Å². The third kappa shape index (κ3) is 3.84. The van der Waals surface area contributed by atoms with Crippen LogP contribution < -0.4 is 11.3 Å². The predicted octanol–water partition coefficient (Wildman–Crippen LogP) is 2.89. The Morgan fingerprint density at radius 1 is 1.44 bits per heavy atom. The van der Waals surface area contributed by atoms with Crippen molar-refractivity contribution in [1.29, 1.82) is 0 Å². The molecule has 27 heavy (non-hydrogen) atoms. The lowest BCUT2D eigenvalue weighted by Crippen LogP contribution is -2.36. The molecule has 0 saturated heterocycles. The molecule has 6 nitrogen and oxygen atoms in total. The van der Waals surface area contributed by atoms with Crippen molar-refractivity contribution >= 4 is 28.1 Å². The zero-order valence-electron chi connectivity index (χ0n) is 13.9. The summed E-state index contributed by atoms with van der Waals surface area (Å²) < 4.78 is 66.7. The first-order valence-corrected chi connectivity index (χ1v) is 8.61. The van der Waals surface area contributed by atoms with E-state index in [1.807, 2.05) is 0 Å². The topological polar surface area (TPSA) is 85.6 Å². The quantitative estimate of drug-likeness (QED) is 0.624. The molecule has 0 unspecified atom stereocenters. The van der Waals surface area contributed by atoms with E-state index in [4.69, 9.17) is 5.73 Å². The van der Waals surface area contributed by atoms with Gasteiger partial charge in [-0.15, -0.1) is 0 Å². The number of aromatic nitrogens is 3. The number of hydrogen-bond donors (Lipinski definition) is 1. The van der Waals surface area contributed by atoms with E-state index in [1.54, 1.807) is 0 Å². The second-order valence-electron chi connectivity index (χ2n) is 6.20. The van der Waals surface area contributed by atoms with Gasteiger partial charge >= 0.3 is 6.18 Å². The van der Waals surface area contributed by atoms with Crippen LogP contribution in [0.4, 0.5) is 22.0 Å². The molecule has 0 spiro atoms. The molecule has 0 amide bonds. The molecule has 3 rings (SSSR count). The van der Waals surface area contributed by atoms with Gasteiger partial charge in [0, 0.05) is 37.4 Å². The Kier molecular flexibility index (Phi) is 4.78. The van der Waals surface area contributed by atoms with Crippen LogP contribution in [0.5, 0.6) is 0 Å². The minimum Gasteiger partial charge on any atom is -0.404 e. The average molecular weight is 407 g/mol. The van der Waals surface area contributed by atoms with Crippen LogP contribution in [0.15, 0.2) is 16.0 Å². The lowest BCUT2D eigenvalue weighted by molar-refractivity contribution is -0.141. The van der Waals surface area contributed by atoms with Crippen LogP contribution in [0.2, 0.25) is 0 Å². The number of fused-ring (bicyclic) bond motifs is 1. The molecule has 2 heterocycles. The summed E-state index contributed by atoms with van der Waals surface area (Å²) in [6.07, 6.45) is -3.77. The van der Waals surface area contributed by atoms with Crippen molar-refractivity contribution in [2.24, 2.45) is 16.6 Å². The summed E-state index contributed by atoms with van der Waals surface area (Å²) in [6.45, 7) is 1.53. The number of alkyl halides is 5. The van der Waals surface area contributed by atoms with Crippen molar-refractivity contribution in [2.45, 2.75) is 31.9 Å². The predicted molar refractivity (Wildman–Crippen MR) is 90.1 cm³/mol. The largest absolute Gasteiger partial charge is 0.434 e. The molecule has 0 bridgehead atoms. The van der Waals surface area contributed by atoms with Gasteiger partial charge in [0.15, 0.2) is 5.69 Å². The molecule has 2 N–H and O–H groups in total. The fourth-order valence-corrected chi connectivity index (χ4v) is 3.54. The highest BCUT2D eigenvalue weighted by Gasteiger charge is 2.44. The van der Waals surface area contributed by atoms with E-state index < -0.39 is 28.9 Å². The van der Waals surface area contributed by atoms with Crippen LogP contribution in [0.25, 0.3) is 10.5 Å². The standard InChI is InChI=1S/C15H14F5N5OS/c1-7-24-25-12(26)10(11(15(18,19)20)23-13(25)27-7)9(4-21)6-22-5-8-2-14(16,17)3-8/h4,6,8H,2-3,5,21H2,1H3/b9-4+,22-6?. The maximum atomic E-state index is 13.4. The summed E-state index contributed by atoms with van der Waals surface area (Å²) in [4.78, 5) is 19.8. The molecular weight excluding hydrogens is 393 g/mol. The Morgan fingerprint density at radius 3 is 2.67 bits per heavy atom. The zero-order valence-corrected chi connectivity index (χ0v) is 14.7. The minimum atomic E-state index is -4.90. The lowest BCUT2D eigenvalue weighted by atomic mass is 9.81. The Balaban J connectivity index is 2.00. The summed E-state index contributed by atoms with van der Waals surface area (Å²) in [7, 11) is 0. The Morgan fingerprint density at radius 2 is 2.11 bits per heavy atom. The number of aryl methyl sites for hydroxylation is 1. The first-order valence-electron chi connectivity index (χ1n) is 7.79. The number of hydrogen-bond acceptors (Lipinski definition) is 6. The minimum absolute atomic E-state index is 0.00109. The summed E-state index contributed by atoms with van der Waals surface area (Å²) >= 11 is 0.842. The fraction of sp³-hybridized carbons (Fsp3) is 0.467. The van der Waals surface area contributed by atoms with E-state index in [9.17, 15) is 26.7 Å². The van der Waals surface area contributed by atoms with Crippen molar-refractivity contribution < 1.29 is 22.0 Å². The Bertz CT molecular complexity index is 983. The van der Waals surface area contributed by atoms with Crippen LogP contribution in [-0.4, -0.2) is 33.3 Å². The van der Waals surface area contributed by atoms with E-state index >= 15 is 0 Å². The molecule has 12 heteroatoms. The Labute approximate surface area is 153 Å². The van der Waals surface area contributed by atoms with E-state index in [2.05, 4.69) is 15.1 Å². The summed E-state index contributed by atoms with van der Waals surface area (Å²) in [6, 6.07) is 0. The zero-order chi connectivity index (χ0) is 20.0. The number of nitrogens with two attached hydrogens (primary N) is 1. The number of aliphatic imine (C=N–C) groups is 1. The van der Waals surface area contributed by atoms with Crippen LogP contribution >= 0.6 is 11.3 Å². The lowest BCUT2D eigenvalue weighted by Gasteiger charge is -2.33. The molecule has 2 aromatic heterocycles. The number of nitrogens with zero attached hydrogens (tertiary/aromatic N) is 4. The first kappa shape index (κ1) is 19.4. The van der Waals surface area contributed by atoms with Crippen LogP contribution in [-0.2, 0) is 6.18 Å². The summed E-state index contributed by atoms with van der Waals surface area (Å²) in [5.74, 6) is -3.08.